The largest absolute Gasteiger partial charge is 0.433 e. The van der Waals surface area contributed by atoms with Gasteiger partial charge in [0, 0.05) is 6.54 Å². The summed E-state index contributed by atoms with van der Waals surface area (Å²) >= 11 is 5.32. The van der Waals surface area contributed by atoms with E-state index in [4.69, 9.17) is 11.6 Å². The van der Waals surface area contributed by atoms with Crippen LogP contribution in [0.4, 0.5) is 27.6 Å². The van der Waals surface area contributed by atoms with Gasteiger partial charge in [-0.1, -0.05) is 0 Å². The first-order chi connectivity index (χ1) is 9.24. The summed E-state index contributed by atoms with van der Waals surface area (Å²) in [7, 11) is 0. The van der Waals surface area contributed by atoms with Crippen LogP contribution >= 0.6 is 11.6 Å². The second-order valence-electron chi connectivity index (χ2n) is 3.78. The summed E-state index contributed by atoms with van der Waals surface area (Å²) < 4.78 is 66.0. The second-order valence-corrected chi connectivity index (χ2v) is 4.08. The molecule has 1 rings (SSSR count). The number of hydrogen-bond acceptors (Lipinski definition) is 3. The van der Waals surface area contributed by atoms with E-state index in [-0.39, 0.29) is 18.1 Å². The van der Waals surface area contributed by atoms with Crippen molar-refractivity contribution in [3.05, 3.63) is 23.8 Å². The van der Waals surface area contributed by atoms with E-state index in [0.717, 1.165) is 6.07 Å². The Kier molecular flexibility index (Phi) is 5.82. The monoisotopic (exact) mass is 319 g/mol. The average Bonchev–Trinajstić information content (AvgIpc) is 2.35. The SMILES string of the molecule is OC(CCl)CNc1cc(C(F)(F)F)ccc1OC(F)F. The zero-order valence-corrected chi connectivity index (χ0v) is 10.7. The third-order valence-electron chi connectivity index (χ3n) is 2.23. The molecule has 9 heteroatoms. The van der Waals surface area contributed by atoms with Gasteiger partial charge >= 0.3 is 12.8 Å². The van der Waals surface area contributed by atoms with Gasteiger partial charge in [-0.3, -0.25) is 0 Å². The van der Waals surface area contributed by atoms with Crippen molar-refractivity contribution in [3.8, 4) is 5.75 Å². The lowest BCUT2D eigenvalue weighted by molar-refractivity contribution is -0.137. The lowest BCUT2D eigenvalue weighted by atomic mass is 10.1. The van der Waals surface area contributed by atoms with Gasteiger partial charge in [-0.25, -0.2) is 0 Å². The molecule has 0 saturated heterocycles. The van der Waals surface area contributed by atoms with Crippen molar-refractivity contribution in [1.29, 1.82) is 0 Å². The molecule has 0 aliphatic rings. The molecule has 1 atom stereocenters. The first kappa shape index (κ1) is 16.8. The van der Waals surface area contributed by atoms with E-state index in [1.54, 1.807) is 0 Å². The van der Waals surface area contributed by atoms with Crippen molar-refractivity contribution in [1.82, 2.24) is 0 Å². The number of hydrogen-bond donors (Lipinski definition) is 2. The van der Waals surface area contributed by atoms with E-state index in [0.29, 0.717) is 12.1 Å². The number of rotatable bonds is 6. The van der Waals surface area contributed by atoms with Gasteiger partial charge in [-0.05, 0) is 18.2 Å². The van der Waals surface area contributed by atoms with E-state index < -0.39 is 30.2 Å². The summed E-state index contributed by atoms with van der Waals surface area (Å²) in [5, 5.41) is 11.6. The van der Waals surface area contributed by atoms with Crippen LogP contribution in [0.25, 0.3) is 0 Å². The number of halogens is 6. The fourth-order valence-electron chi connectivity index (χ4n) is 1.33. The van der Waals surface area contributed by atoms with Crippen LogP contribution < -0.4 is 10.1 Å². The average molecular weight is 320 g/mol. The van der Waals surface area contributed by atoms with Gasteiger partial charge in [0.2, 0.25) is 0 Å². The molecule has 1 unspecified atom stereocenters. The summed E-state index contributed by atoms with van der Waals surface area (Å²) in [6, 6.07) is 2.03. The van der Waals surface area contributed by atoms with Crippen LogP contribution in [0.1, 0.15) is 5.56 Å². The van der Waals surface area contributed by atoms with Gasteiger partial charge in [0.1, 0.15) is 5.75 Å². The highest BCUT2D eigenvalue weighted by Crippen LogP contribution is 2.35. The third-order valence-corrected chi connectivity index (χ3v) is 2.59. The van der Waals surface area contributed by atoms with Gasteiger partial charge in [-0.15, -0.1) is 11.6 Å². The van der Waals surface area contributed by atoms with Crippen LogP contribution in [0, 0.1) is 0 Å². The molecule has 0 saturated carbocycles. The predicted octanol–water partition coefficient (Wildman–Crippen LogP) is 3.32. The summed E-state index contributed by atoms with van der Waals surface area (Å²) in [5.41, 5.74) is -1.33. The third kappa shape index (κ3) is 5.01. The molecule has 0 fully saturated rings. The molecule has 1 aromatic rings. The van der Waals surface area contributed by atoms with Crippen molar-refractivity contribution in [3.63, 3.8) is 0 Å². The maximum absolute atomic E-state index is 12.5. The molecule has 1 aromatic carbocycles. The van der Waals surface area contributed by atoms with Gasteiger partial charge in [-0.2, -0.15) is 22.0 Å². The Morgan fingerprint density at radius 3 is 2.45 bits per heavy atom. The summed E-state index contributed by atoms with van der Waals surface area (Å²) in [5.74, 6) is -0.605. The first-order valence-corrected chi connectivity index (χ1v) is 5.91. The van der Waals surface area contributed by atoms with Crippen LogP contribution in [-0.2, 0) is 6.18 Å². The molecule has 0 amide bonds. The highest BCUT2D eigenvalue weighted by molar-refractivity contribution is 6.18. The maximum Gasteiger partial charge on any atom is 0.416 e. The normalized spacial score (nSPS) is 13.4. The van der Waals surface area contributed by atoms with E-state index in [1.807, 2.05) is 0 Å². The van der Waals surface area contributed by atoms with Gasteiger partial charge in [0.25, 0.3) is 0 Å². The fraction of sp³-hybridized carbons (Fsp3) is 0.455. The number of anilines is 1. The van der Waals surface area contributed by atoms with Gasteiger partial charge in [0.05, 0.1) is 23.2 Å². The van der Waals surface area contributed by atoms with Crippen molar-refractivity contribution in [2.24, 2.45) is 0 Å². The zero-order valence-electron chi connectivity index (χ0n) is 9.92. The molecular weight excluding hydrogens is 309 g/mol. The lowest BCUT2D eigenvalue weighted by Gasteiger charge is -2.16. The minimum Gasteiger partial charge on any atom is -0.433 e. The summed E-state index contributed by atoms with van der Waals surface area (Å²) in [6.45, 7) is -3.38. The molecular formula is C11H11ClF5NO2. The molecule has 3 nitrogen and oxygen atoms in total. The quantitative estimate of drug-likeness (QED) is 0.624. The van der Waals surface area contributed by atoms with Crippen LogP contribution in [0.3, 0.4) is 0 Å². The number of aliphatic hydroxyl groups is 1. The molecule has 0 aliphatic heterocycles. The van der Waals surface area contributed by atoms with E-state index in [1.165, 1.54) is 0 Å². The summed E-state index contributed by atoms with van der Waals surface area (Å²) in [6.07, 6.45) is -5.66. The highest BCUT2D eigenvalue weighted by Gasteiger charge is 2.31. The Bertz CT molecular complexity index is 441. The van der Waals surface area contributed by atoms with Crippen LogP contribution in [0.2, 0.25) is 0 Å². The van der Waals surface area contributed by atoms with Gasteiger partial charge in [0.15, 0.2) is 0 Å². The predicted molar refractivity (Wildman–Crippen MR) is 63.3 cm³/mol. The van der Waals surface area contributed by atoms with Crippen LogP contribution in [0.5, 0.6) is 5.75 Å². The zero-order chi connectivity index (χ0) is 15.3. The number of alkyl halides is 6. The van der Waals surface area contributed by atoms with Crippen molar-refractivity contribution in [2.45, 2.75) is 18.9 Å². The number of ether oxygens (including phenoxy) is 1. The Labute approximate surface area is 116 Å². The Hall–Kier alpha value is -1.28. The minimum absolute atomic E-state index is 0.156. The van der Waals surface area contributed by atoms with Crippen LogP contribution in [-0.4, -0.2) is 30.2 Å². The lowest BCUT2D eigenvalue weighted by Crippen LogP contribution is -2.21. The van der Waals surface area contributed by atoms with E-state index in [2.05, 4.69) is 10.1 Å². The molecule has 114 valence electrons. The first-order valence-electron chi connectivity index (χ1n) is 5.38. The topological polar surface area (TPSA) is 41.5 Å². The van der Waals surface area contributed by atoms with Crippen molar-refractivity contribution in [2.75, 3.05) is 17.7 Å². The Morgan fingerprint density at radius 1 is 1.30 bits per heavy atom. The Morgan fingerprint density at radius 2 is 1.95 bits per heavy atom. The number of aliphatic hydroxyl groups excluding tert-OH is 1. The van der Waals surface area contributed by atoms with Gasteiger partial charge < -0.3 is 15.2 Å². The molecule has 2 N–H and O–H groups in total. The smallest absolute Gasteiger partial charge is 0.416 e. The Balaban J connectivity index is 3.00. The highest BCUT2D eigenvalue weighted by atomic mass is 35.5. The van der Waals surface area contributed by atoms with E-state index in [9.17, 15) is 27.1 Å². The molecule has 0 spiro atoms. The molecule has 0 aromatic heterocycles. The number of nitrogens with one attached hydrogen (secondary N) is 1. The van der Waals surface area contributed by atoms with E-state index >= 15 is 0 Å². The molecule has 0 heterocycles. The van der Waals surface area contributed by atoms with Crippen LogP contribution in [0.15, 0.2) is 18.2 Å². The minimum atomic E-state index is -4.62. The molecule has 0 bridgehead atoms. The van der Waals surface area contributed by atoms with Crippen molar-refractivity contribution >= 4 is 17.3 Å². The molecule has 0 aliphatic carbocycles. The fourth-order valence-corrected chi connectivity index (χ4v) is 1.43. The van der Waals surface area contributed by atoms with Crippen molar-refractivity contribution < 1.29 is 31.8 Å². The summed E-state index contributed by atoms with van der Waals surface area (Å²) in [4.78, 5) is 0. The second kappa shape index (κ2) is 6.94. The number of benzene rings is 1. The standard InChI is InChI=1S/C11H11ClF5NO2/c12-4-7(19)5-18-8-3-6(11(15,16)17)1-2-9(8)20-10(13)14/h1-3,7,10,18-19H,4-5H2. The molecule has 0 radical (unpaired) electrons. The maximum atomic E-state index is 12.5. The molecule has 20 heavy (non-hydrogen) atoms.